The molecule has 0 saturated carbocycles. The number of nitro benzene ring substituents is 1. The van der Waals surface area contributed by atoms with E-state index in [0.717, 1.165) is 13.1 Å². The van der Waals surface area contributed by atoms with Gasteiger partial charge in [-0.25, -0.2) is 4.39 Å². The maximum Gasteiger partial charge on any atom is 0.311 e. The van der Waals surface area contributed by atoms with E-state index in [9.17, 15) is 19.3 Å². The van der Waals surface area contributed by atoms with E-state index in [1.54, 1.807) is 18.2 Å². The van der Waals surface area contributed by atoms with Gasteiger partial charge in [-0.05, 0) is 24.3 Å². The first-order chi connectivity index (χ1) is 17.3. The number of hydrogen-bond acceptors (Lipinski definition) is 7. The topological polar surface area (TPSA) is 88.4 Å². The van der Waals surface area contributed by atoms with Crippen molar-refractivity contribution in [1.82, 2.24) is 9.80 Å². The van der Waals surface area contributed by atoms with E-state index < -0.39 is 4.92 Å². The number of nitro groups is 1. The number of benzene rings is 2. The Kier molecular flexibility index (Phi) is 8.48. The quantitative estimate of drug-likeness (QED) is 0.384. The van der Waals surface area contributed by atoms with Crippen LogP contribution in [0.1, 0.15) is 19.3 Å². The van der Waals surface area contributed by atoms with E-state index in [1.165, 1.54) is 25.3 Å². The van der Waals surface area contributed by atoms with Crippen molar-refractivity contribution < 1.29 is 23.6 Å². The highest BCUT2D eigenvalue weighted by Gasteiger charge is 2.26. The van der Waals surface area contributed by atoms with Gasteiger partial charge in [-0.1, -0.05) is 11.6 Å². The number of amides is 1. The van der Waals surface area contributed by atoms with E-state index in [2.05, 4.69) is 4.90 Å². The summed E-state index contributed by atoms with van der Waals surface area (Å²) in [4.78, 5) is 29.4. The van der Waals surface area contributed by atoms with Crippen molar-refractivity contribution in [2.45, 2.75) is 25.4 Å². The lowest BCUT2D eigenvalue weighted by Gasteiger charge is -2.37. The first-order valence-corrected chi connectivity index (χ1v) is 12.4. The van der Waals surface area contributed by atoms with Crippen LogP contribution in [0.25, 0.3) is 0 Å². The van der Waals surface area contributed by atoms with Crippen molar-refractivity contribution in [2.24, 2.45) is 0 Å². The van der Waals surface area contributed by atoms with Crippen LogP contribution in [0.3, 0.4) is 0 Å². The highest BCUT2D eigenvalue weighted by atomic mass is 35.5. The molecule has 2 aliphatic rings. The zero-order valence-electron chi connectivity index (χ0n) is 20.2. The van der Waals surface area contributed by atoms with Crippen LogP contribution in [0.5, 0.6) is 11.5 Å². The number of methoxy groups -OCH3 is 1. The molecule has 2 aliphatic heterocycles. The molecule has 2 saturated heterocycles. The zero-order chi connectivity index (χ0) is 25.7. The van der Waals surface area contributed by atoms with Crippen LogP contribution in [0.4, 0.5) is 15.8 Å². The summed E-state index contributed by atoms with van der Waals surface area (Å²) in [6, 6.07) is 9.21. The Balaban J connectivity index is 1.18. The summed E-state index contributed by atoms with van der Waals surface area (Å²) in [6.45, 7) is 4.82. The largest absolute Gasteiger partial charge is 0.490 e. The number of nitrogens with zero attached hydrogens (tertiary/aromatic N) is 4. The molecule has 194 valence electrons. The van der Waals surface area contributed by atoms with Crippen molar-refractivity contribution in [3.8, 4) is 11.5 Å². The number of ether oxygens (including phenoxy) is 2. The average molecular weight is 521 g/mol. The summed E-state index contributed by atoms with van der Waals surface area (Å²) >= 11 is 5.85. The Hall–Kier alpha value is -3.11. The summed E-state index contributed by atoms with van der Waals surface area (Å²) in [5, 5.41) is 11.4. The SMILES string of the molecule is COc1cc(OC2CCN(C(=O)CCN3CCN(c4ccc(Cl)cc4F)CC3)CC2)ccc1[N+](=O)[O-]. The van der Waals surface area contributed by atoms with Crippen LogP contribution >= 0.6 is 11.6 Å². The maximum atomic E-state index is 14.2. The third kappa shape index (κ3) is 6.36. The Morgan fingerprint density at radius 1 is 1.11 bits per heavy atom. The van der Waals surface area contributed by atoms with Gasteiger partial charge in [0.15, 0.2) is 0 Å². The van der Waals surface area contributed by atoms with Gasteiger partial charge >= 0.3 is 5.69 Å². The molecular formula is C25H30ClFN4O5. The zero-order valence-corrected chi connectivity index (χ0v) is 21.0. The first-order valence-electron chi connectivity index (χ1n) is 12.0. The van der Waals surface area contributed by atoms with Gasteiger partial charge in [0.2, 0.25) is 11.7 Å². The Labute approximate surface area is 214 Å². The monoisotopic (exact) mass is 520 g/mol. The molecule has 4 rings (SSSR count). The van der Waals surface area contributed by atoms with Crippen molar-refractivity contribution in [2.75, 3.05) is 57.8 Å². The van der Waals surface area contributed by atoms with Gasteiger partial charge in [0.25, 0.3) is 0 Å². The molecular weight excluding hydrogens is 491 g/mol. The molecule has 0 spiro atoms. The molecule has 0 unspecified atom stereocenters. The minimum Gasteiger partial charge on any atom is -0.490 e. The van der Waals surface area contributed by atoms with Gasteiger partial charge in [-0.3, -0.25) is 19.8 Å². The number of carbonyl (C=O) groups excluding carboxylic acids is 1. The molecule has 2 aromatic rings. The van der Waals surface area contributed by atoms with Crippen LogP contribution in [0.15, 0.2) is 36.4 Å². The summed E-state index contributed by atoms with van der Waals surface area (Å²) in [5.41, 5.74) is 0.455. The minimum atomic E-state index is -0.494. The highest BCUT2D eigenvalue weighted by Crippen LogP contribution is 2.32. The second-order valence-electron chi connectivity index (χ2n) is 8.96. The average Bonchev–Trinajstić information content (AvgIpc) is 2.88. The van der Waals surface area contributed by atoms with E-state index in [0.29, 0.717) is 68.4 Å². The van der Waals surface area contributed by atoms with Crippen LogP contribution in [0.2, 0.25) is 5.02 Å². The van der Waals surface area contributed by atoms with Gasteiger partial charge in [0.05, 0.1) is 17.7 Å². The second kappa shape index (κ2) is 11.7. The molecule has 0 aromatic heterocycles. The predicted octanol–water partition coefficient (Wildman–Crippen LogP) is 3.98. The van der Waals surface area contributed by atoms with E-state index in [-0.39, 0.29) is 29.3 Å². The standard InChI is InChI=1S/C25H30ClFN4O5/c1-35-24-17-20(3-5-23(24)31(33)34)36-19-6-10-30(11-7-19)25(32)8-9-28-12-14-29(15-13-28)22-4-2-18(26)16-21(22)27/h2-5,16-17,19H,6-15H2,1H3. The normalized spacial score (nSPS) is 17.2. The molecule has 36 heavy (non-hydrogen) atoms. The van der Waals surface area contributed by atoms with Crippen molar-refractivity contribution >= 4 is 28.9 Å². The van der Waals surface area contributed by atoms with Gasteiger partial charge in [-0.2, -0.15) is 0 Å². The predicted molar refractivity (Wildman–Crippen MR) is 135 cm³/mol. The fourth-order valence-electron chi connectivity index (χ4n) is 4.66. The third-order valence-corrected chi connectivity index (χ3v) is 6.95. The van der Waals surface area contributed by atoms with Crippen LogP contribution in [0, 0.1) is 15.9 Å². The van der Waals surface area contributed by atoms with Gasteiger partial charge in [-0.15, -0.1) is 0 Å². The molecule has 11 heteroatoms. The number of likely N-dealkylation sites (tertiary alicyclic amines) is 1. The molecule has 2 aromatic carbocycles. The van der Waals surface area contributed by atoms with E-state index in [4.69, 9.17) is 21.1 Å². The Morgan fingerprint density at radius 2 is 1.83 bits per heavy atom. The smallest absolute Gasteiger partial charge is 0.311 e. The lowest BCUT2D eigenvalue weighted by Crippen LogP contribution is -2.48. The number of carbonyl (C=O) groups is 1. The summed E-state index contributed by atoms with van der Waals surface area (Å²) in [7, 11) is 1.38. The number of anilines is 1. The van der Waals surface area contributed by atoms with Gasteiger partial charge < -0.3 is 19.3 Å². The number of rotatable bonds is 8. The van der Waals surface area contributed by atoms with Crippen LogP contribution < -0.4 is 14.4 Å². The Morgan fingerprint density at radius 3 is 2.47 bits per heavy atom. The van der Waals surface area contributed by atoms with Gasteiger partial charge in [0.1, 0.15) is 17.7 Å². The fraction of sp³-hybridized carbons (Fsp3) is 0.480. The maximum absolute atomic E-state index is 14.2. The van der Waals surface area contributed by atoms with E-state index in [1.807, 2.05) is 9.80 Å². The first kappa shape index (κ1) is 26.0. The minimum absolute atomic E-state index is 0.0680. The molecule has 0 atom stereocenters. The van der Waals surface area contributed by atoms with Crippen LogP contribution in [-0.4, -0.2) is 79.7 Å². The summed E-state index contributed by atoms with van der Waals surface area (Å²) < 4.78 is 25.3. The molecule has 0 N–H and O–H groups in total. The summed E-state index contributed by atoms with van der Waals surface area (Å²) in [5.74, 6) is 0.479. The lowest BCUT2D eigenvalue weighted by molar-refractivity contribution is -0.385. The fourth-order valence-corrected chi connectivity index (χ4v) is 4.82. The lowest BCUT2D eigenvalue weighted by atomic mass is 10.1. The number of hydrogen-bond donors (Lipinski definition) is 0. The molecule has 2 heterocycles. The number of piperidine rings is 1. The number of halogens is 2. The van der Waals surface area contributed by atoms with Crippen molar-refractivity contribution in [1.29, 1.82) is 0 Å². The van der Waals surface area contributed by atoms with E-state index >= 15 is 0 Å². The molecule has 0 radical (unpaired) electrons. The van der Waals surface area contributed by atoms with Crippen molar-refractivity contribution in [3.05, 3.63) is 57.4 Å². The molecule has 9 nitrogen and oxygen atoms in total. The molecule has 2 fully saturated rings. The van der Waals surface area contributed by atoms with Crippen molar-refractivity contribution in [3.63, 3.8) is 0 Å². The molecule has 0 bridgehead atoms. The summed E-state index contributed by atoms with van der Waals surface area (Å²) in [6.07, 6.45) is 1.76. The number of piperazine rings is 1. The van der Waals surface area contributed by atoms with Gasteiger partial charge in [0, 0.05) is 82.2 Å². The Bertz CT molecular complexity index is 1090. The highest BCUT2D eigenvalue weighted by molar-refractivity contribution is 6.30. The third-order valence-electron chi connectivity index (χ3n) is 6.71. The van der Waals surface area contributed by atoms with Crippen LogP contribution in [-0.2, 0) is 4.79 Å². The second-order valence-corrected chi connectivity index (χ2v) is 9.40. The molecule has 0 aliphatic carbocycles. The molecule has 1 amide bonds.